The molecule has 0 amide bonds. The van der Waals surface area contributed by atoms with E-state index in [2.05, 4.69) is 82.6 Å². The van der Waals surface area contributed by atoms with Gasteiger partial charge in [0.15, 0.2) is 0 Å². The summed E-state index contributed by atoms with van der Waals surface area (Å²) in [6.45, 7) is 9.89. The average Bonchev–Trinajstić information content (AvgIpc) is 3.33. The number of benzene rings is 2. The van der Waals surface area contributed by atoms with E-state index in [1.165, 1.54) is 45.3 Å². The fourth-order valence-corrected chi connectivity index (χ4v) is 6.22. The maximum Gasteiger partial charge on any atom is 0.112 e. The smallest absolute Gasteiger partial charge is 0.112 e. The Morgan fingerprint density at radius 3 is 2.72 bits per heavy atom. The number of aromatic nitrogens is 2. The number of hydrogen-bond acceptors (Lipinski definition) is 3. The maximum absolute atomic E-state index is 6.11. The SMILES string of the molecule is COC1CN(C[C@@H]2Cc3ccc(Br)cc3C2)CCC1n1c(C(C)C)nc2cc(C)ccc21. The Bertz CT molecular complexity index is 1120. The molecule has 0 N–H and O–H groups in total. The number of likely N-dealkylation sites (tertiary alicyclic amines) is 1. The minimum Gasteiger partial charge on any atom is -0.378 e. The van der Waals surface area contributed by atoms with Gasteiger partial charge in [-0.1, -0.05) is 41.9 Å². The van der Waals surface area contributed by atoms with E-state index < -0.39 is 0 Å². The Morgan fingerprint density at radius 1 is 1.12 bits per heavy atom. The molecule has 4 nitrogen and oxygen atoms in total. The van der Waals surface area contributed by atoms with E-state index in [4.69, 9.17) is 9.72 Å². The molecule has 5 rings (SSSR count). The van der Waals surface area contributed by atoms with E-state index in [0.29, 0.717) is 17.9 Å². The molecule has 0 saturated carbocycles. The maximum atomic E-state index is 6.11. The number of nitrogens with zero attached hydrogens (tertiary/aromatic N) is 3. The minimum atomic E-state index is 0.179. The van der Waals surface area contributed by atoms with Crippen LogP contribution in [-0.2, 0) is 17.6 Å². The van der Waals surface area contributed by atoms with Gasteiger partial charge in [0.1, 0.15) is 5.82 Å². The first-order valence-corrected chi connectivity index (χ1v) is 12.7. The van der Waals surface area contributed by atoms with Gasteiger partial charge >= 0.3 is 0 Å². The van der Waals surface area contributed by atoms with Crippen molar-refractivity contribution in [3.63, 3.8) is 0 Å². The second-order valence-electron chi connectivity index (χ2n) is 10.1. The van der Waals surface area contributed by atoms with Gasteiger partial charge in [0.2, 0.25) is 0 Å². The minimum absolute atomic E-state index is 0.179. The molecule has 3 atom stereocenters. The number of aryl methyl sites for hydroxylation is 1. The average molecular weight is 496 g/mol. The lowest BCUT2D eigenvalue weighted by atomic mass is 9.97. The largest absolute Gasteiger partial charge is 0.378 e. The van der Waals surface area contributed by atoms with E-state index >= 15 is 0 Å². The van der Waals surface area contributed by atoms with E-state index in [0.717, 1.165) is 31.6 Å². The first-order chi connectivity index (χ1) is 15.4. The van der Waals surface area contributed by atoms with Crippen LogP contribution in [-0.4, -0.2) is 47.3 Å². The number of methoxy groups -OCH3 is 1. The molecule has 0 radical (unpaired) electrons. The Balaban J connectivity index is 1.34. The van der Waals surface area contributed by atoms with Gasteiger partial charge in [-0.3, -0.25) is 0 Å². The molecule has 2 aliphatic rings. The zero-order chi connectivity index (χ0) is 22.4. The first-order valence-electron chi connectivity index (χ1n) is 11.9. The van der Waals surface area contributed by atoms with Crippen molar-refractivity contribution < 1.29 is 4.74 Å². The van der Waals surface area contributed by atoms with Gasteiger partial charge in [-0.25, -0.2) is 4.98 Å². The molecular formula is C27H34BrN3O. The van der Waals surface area contributed by atoms with E-state index in [1.807, 2.05) is 7.11 Å². The molecule has 1 saturated heterocycles. The van der Waals surface area contributed by atoms with Gasteiger partial charge in [0.25, 0.3) is 0 Å². The predicted octanol–water partition coefficient (Wildman–Crippen LogP) is 5.91. The van der Waals surface area contributed by atoms with Crippen LogP contribution in [0.4, 0.5) is 0 Å². The number of ether oxygens (including phenoxy) is 1. The van der Waals surface area contributed by atoms with E-state index in [1.54, 1.807) is 0 Å². The Hall–Kier alpha value is -1.69. The third kappa shape index (κ3) is 4.15. The van der Waals surface area contributed by atoms with Crippen molar-refractivity contribution in [2.45, 2.75) is 58.1 Å². The van der Waals surface area contributed by atoms with Crippen molar-refractivity contribution in [2.24, 2.45) is 5.92 Å². The molecule has 1 aliphatic heterocycles. The van der Waals surface area contributed by atoms with Crippen molar-refractivity contribution in [1.82, 2.24) is 14.5 Å². The predicted molar refractivity (Wildman–Crippen MR) is 134 cm³/mol. The summed E-state index contributed by atoms with van der Waals surface area (Å²) in [6, 6.07) is 13.8. The summed E-state index contributed by atoms with van der Waals surface area (Å²) in [5.74, 6) is 2.27. The van der Waals surface area contributed by atoms with E-state index in [9.17, 15) is 0 Å². The number of fused-ring (bicyclic) bond motifs is 2. The van der Waals surface area contributed by atoms with Gasteiger partial charge in [-0.05, 0) is 73.1 Å². The zero-order valence-corrected chi connectivity index (χ0v) is 21.2. The third-order valence-electron chi connectivity index (χ3n) is 7.33. The molecule has 2 aromatic carbocycles. The lowest BCUT2D eigenvalue weighted by molar-refractivity contribution is -0.00966. The highest BCUT2D eigenvalue weighted by Crippen LogP contribution is 2.35. The summed E-state index contributed by atoms with van der Waals surface area (Å²) in [6.07, 6.45) is 3.67. The van der Waals surface area contributed by atoms with Crippen LogP contribution in [0.1, 0.15) is 54.7 Å². The molecular weight excluding hydrogens is 462 g/mol. The quantitative estimate of drug-likeness (QED) is 0.440. The second-order valence-corrected chi connectivity index (χ2v) is 11.0. The topological polar surface area (TPSA) is 30.3 Å². The number of halogens is 1. The van der Waals surface area contributed by atoms with Crippen LogP contribution in [0.15, 0.2) is 40.9 Å². The summed E-state index contributed by atoms with van der Waals surface area (Å²) in [5, 5.41) is 0. The van der Waals surface area contributed by atoms with E-state index in [-0.39, 0.29) is 6.10 Å². The number of hydrogen-bond donors (Lipinski definition) is 0. The van der Waals surface area contributed by atoms with Crippen molar-refractivity contribution >= 4 is 27.0 Å². The highest BCUT2D eigenvalue weighted by molar-refractivity contribution is 9.10. The summed E-state index contributed by atoms with van der Waals surface area (Å²) < 4.78 is 9.80. The summed E-state index contributed by atoms with van der Waals surface area (Å²) in [4.78, 5) is 7.67. The van der Waals surface area contributed by atoms with Crippen LogP contribution >= 0.6 is 15.9 Å². The molecule has 170 valence electrons. The van der Waals surface area contributed by atoms with Crippen LogP contribution in [0.5, 0.6) is 0 Å². The lowest BCUT2D eigenvalue weighted by Crippen LogP contribution is -2.47. The third-order valence-corrected chi connectivity index (χ3v) is 7.83. The number of rotatable bonds is 5. The van der Waals surface area contributed by atoms with Gasteiger partial charge in [0.05, 0.1) is 23.2 Å². The fourth-order valence-electron chi connectivity index (χ4n) is 5.82. The molecule has 0 spiro atoms. The van der Waals surface area contributed by atoms with Gasteiger partial charge in [-0.2, -0.15) is 0 Å². The van der Waals surface area contributed by atoms with Gasteiger partial charge in [0, 0.05) is 37.1 Å². The Morgan fingerprint density at radius 2 is 1.94 bits per heavy atom. The Kier molecular flexibility index (Phi) is 6.17. The van der Waals surface area contributed by atoms with Gasteiger partial charge < -0.3 is 14.2 Å². The monoisotopic (exact) mass is 495 g/mol. The summed E-state index contributed by atoms with van der Waals surface area (Å²) in [5.41, 5.74) is 6.67. The Labute approximate surface area is 200 Å². The van der Waals surface area contributed by atoms with Crippen LogP contribution in [0.25, 0.3) is 11.0 Å². The van der Waals surface area contributed by atoms with Crippen LogP contribution in [0, 0.1) is 12.8 Å². The second kappa shape index (κ2) is 8.92. The molecule has 2 heterocycles. The molecule has 1 aromatic heterocycles. The molecule has 3 aromatic rings. The normalized spacial score (nSPS) is 23.9. The molecule has 32 heavy (non-hydrogen) atoms. The highest BCUT2D eigenvalue weighted by atomic mass is 79.9. The molecule has 5 heteroatoms. The van der Waals surface area contributed by atoms with Crippen LogP contribution in [0.2, 0.25) is 0 Å². The highest BCUT2D eigenvalue weighted by Gasteiger charge is 2.35. The molecule has 2 unspecified atom stereocenters. The van der Waals surface area contributed by atoms with Crippen molar-refractivity contribution in [3.05, 3.63) is 63.4 Å². The molecule has 1 fully saturated rings. The number of imidazole rings is 1. The van der Waals surface area contributed by atoms with Crippen molar-refractivity contribution in [2.75, 3.05) is 26.7 Å². The zero-order valence-electron chi connectivity index (χ0n) is 19.6. The molecule has 1 aliphatic carbocycles. The molecule has 0 bridgehead atoms. The lowest BCUT2D eigenvalue weighted by Gasteiger charge is -2.40. The number of piperidine rings is 1. The van der Waals surface area contributed by atoms with Crippen LogP contribution in [0.3, 0.4) is 0 Å². The fraction of sp³-hybridized carbons (Fsp3) is 0.519. The van der Waals surface area contributed by atoms with Crippen LogP contribution < -0.4 is 0 Å². The standard InChI is InChI=1S/C27H34BrN3O/c1-17(2)27-29-23-11-18(3)5-8-24(23)31(27)25-9-10-30(16-26(25)32-4)15-19-12-20-6-7-22(28)14-21(20)13-19/h5-8,11,14,17,19,25-26H,9-10,12-13,15-16H2,1-4H3/t19-,25?,26?/m1/s1. The van der Waals surface area contributed by atoms with Crippen molar-refractivity contribution in [3.8, 4) is 0 Å². The van der Waals surface area contributed by atoms with Crippen molar-refractivity contribution in [1.29, 1.82) is 0 Å². The summed E-state index contributed by atoms with van der Waals surface area (Å²) in [7, 11) is 1.88. The summed E-state index contributed by atoms with van der Waals surface area (Å²) >= 11 is 3.63. The first kappa shape index (κ1) is 22.1. The van der Waals surface area contributed by atoms with Gasteiger partial charge in [-0.15, -0.1) is 0 Å².